The molecule has 4 nitrogen and oxygen atoms in total. The lowest BCUT2D eigenvalue weighted by molar-refractivity contribution is 0.0935. The number of methoxy groups -OCH3 is 1. The molecule has 4 rings (SSSR count). The van der Waals surface area contributed by atoms with Gasteiger partial charge in [0.1, 0.15) is 5.75 Å². The number of ether oxygens (including phenoxy) is 1. The van der Waals surface area contributed by atoms with Crippen molar-refractivity contribution in [3.63, 3.8) is 0 Å². The van der Waals surface area contributed by atoms with Crippen molar-refractivity contribution in [2.24, 2.45) is 0 Å². The van der Waals surface area contributed by atoms with Gasteiger partial charge in [-0.25, -0.2) is 0 Å². The fraction of sp³-hybridized carbons (Fsp3) is 0.296. The van der Waals surface area contributed by atoms with Gasteiger partial charge in [0, 0.05) is 24.3 Å². The summed E-state index contributed by atoms with van der Waals surface area (Å²) in [7, 11) is 1.65. The van der Waals surface area contributed by atoms with E-state index in [1.54, 1.807) is 7.11 Å². The second-order valence-electron chi connectivity index (χ2n) is 8.06. The van der Waals surface area contributed by atoms with Gasteiger partial charge in [-0.2, -0.15) is 0 Å². The summed E-state index contributed by atoms with van der Waals surface area (Å²) in [5, 5.41) is 3.16. The third-order valence-electron chi connectivity index (χ3n) is 6.03. The van der Waals surface area contributed by atoms with Crippen LogP contribution in [0.4, 0.5) is 5.69 Å². The number of amides is 1. The smallest absolute Gasteiger partial charge is 0.251 e. The van der Waals surface area contributed by atoms with Crippen LogP contribution in [0.2, 0.25) is 0 Å². The lowest BCUT2D eigenvalue weighted by atomic mass is 10.0. The maximum absolute atomic E-state index is 12.8. The predicted octanol–water partition coefficient (Wildman–Crippen LogP) is 5.53. The Labute approximate surface area is 184 Å². The van der Waals surface area contributed by atoms with E-state index in [-0.39, 0.29) is 11.9 Å². The molecule has 1 heterocycles. The van der Waals surface area contributed by atoms with E-state index in [0.29, 0.717) is 5.56 Å². The molecule has 1 aliphatic rings. The highest BCUT2D eigenvalue weighted by molar-refractivity contribution is 5.94. The first kappa shape index (κ1) is 21.0. The van der Waals surface area contributed by atoms with E-state index >= 15 is 0 Å². The maximum atomic E-state index is 12.8. The number of hydrogen-bond acceptors (Lipinski definition) is 3. The van der Waals surface area contributed by atoms with Crippen molar-refractivity contribution in [3.05, 3.63) is 95.1 Å². The number of rotatable bonds is 7. The van der Waals surface area contributed by atoms with Crippen LogP contribution < -0.4 is 15.0 Å². The number of hydrogen-bond donors (Lipinski definition) is 1. The molecule has 3 aromatic rings. The third kappa shape index (κ3) is 4.91. The van der Waals surface area contributed by atoms with Crippen molar-refractivity contribution < 1.29 is 9.53 Å². The minimum absolute atomic E-state index is 0.0251. The van der Waals surface area contributed by atoms with Crippen LogP contribution >= 0.6 is 0 Å². The Kier molecular flexibility index (Phi) is 6.56. The van der Waals surface area contributed by atoms with E-state index in [4.69, 9.17) is 4.74 Å². The molecule has 1 atom stereocenters. The maximum Gasteiger partial charge on any atom is 0.251 e. The lowest BCUT2D eigenvalue weighted by Crippen LogP contribution is -2.29. The quantitative estimate of drug-likeness (QED) is 0.553. The van der Waals surface area contributed by atoms with Gasteiger partial charge in [0.25, 0.3) is 5.91 Å². The number of carbonyl (C=O) groups excluding carboxylic acids is 1. The summed E-state index contributed by atoms with van der Waals surface area (Å²) in [6.45, 7) is 4.01. The van der Waals surface area contributed by atoms with Crippen molar-refractivity contribution in [2.45, 2.75) is 38.8 Å². The van der Waals surface area contributed by atoms with Crippen LogP contribution in [0, 0.1) is 0 Å². The van der Waals surface area contributed by atoms with Gasteiger partial charge in [-0.3, -0.25) is 4.79 Å². The van der Waals surface area contributed by atoms with Gasteiger partial charge in [-0.15, -0.1) is 0 Å². The molecule has 0 unspecified atom stereocenters. The van der Waals surface area contributed by atoms with Gasteiger partial charge >= 0.3 is 0 Å². The van der Waals surface area contributed by atoms with Crippen LogP contribution in [-0.4, -0.2) is 19.6 Å². The molecule has 1 N–H and O–H groups in total. The second kappa shape index (κ2) is 9.69. The molecule has 160 valence electrons. The summed E-state index contributed by atoms with van der Waals surface area (Å²) >= 11 is 0. The SMILES string of the molecule is CC[C@H](NC(=O)c1ccc(CN2CCCc3ccccc32)cc1)c1ccc(OC)cc1. The van der Waals surface area contributed by atoms with Crippen LogP contribution in [0.5, 0.6) is 5.75 Å². The van der Waals surface area contributed by atoms with Crippen molar-refractivity contribution in [1.29, 1.82) is 0 Å². The summed E-state index contributed by atoms with van der Waals surface area (Å²) in [6.07, 6.45) is 3.16. The topological polar surface area (TPSA) is 41.6 Å². The Morgan fingerprint density at radius 3 is 2.48 bits per heavy atom. The highest BCUT2D eigenvalue weighted by Crippen LogP contribution is 2.28. The van der Waals surface area contributed by atoms with Crippen LogP contribution in [-0.2, 0) is 13.0 Å². The summed E-state index contributed by atoms with van der Waals surface area (Å²) in [5.74, 6) is 0.773. The molecule has 0 spiro atoms. The molecule has 0 fully saturated rings. The predicted molar refractivity (Wildman–Crippen MR) is 126 cm³/mol. The molecule has 4 heteroatoms. The molecule has 1 aliphatic heterocycles. The first-order chi connectivity index (χ1) is 15.2. The Balaban J connectivity index is 1.41. The Morgan fingerprint density at radius 1 is 1.03 bits per heavy atom. The molecular formula is C27H30N2O2. The molecule has 0 aromatic heterocycles. The molecule has 0 aliphatic carbocycles. The van der Waals surface area contributed by atoms with Gasteiger partial charge < -0.3 is 15.0 Å². The molecule has 3 aromatic carbocycles. The van der Waals surface area contributed by atoms with E-state index in [0.717, 1.165) is 37.2 Å². The number of fused-ring (bicyclic) bond motifs is 1. The number of para-hydroxylation sites is 1. The van der Waals surface area contributed by atoms with Gasteiger partial charge in [0.15, 0.2) is 0 Å². The van der Waals surface area contributed by atoms with Crippen molar-refractivity contribution in [3.8, 4) is 5.75 Å². The fourth-order valence-corrected chi connectivity index (χ4v) is 4.26. The summed E-state index contributed by atoms with van der Waals surface area (Å²) < 4.78 is 5.23. The summed E-state index contributed by atoms with van der Waals surface area (Å²) in [5.41, 5.74) is 5.75. The molecule has 1 amide bonds. The number of benzene rings is 3. The highest BCUT2D eigenvalue weighted by Gasteiger charge is 2.17. The number of carbonyl (C=O) groups is 1. The lowest BCUT2D eigenvalue weighted by Gasteiger charge is -2.31. The van der Waals surface area contributed by atoms with E-state index in [2.05, 4.69) is 53.5 Å². The van der Waals surface area contributed by atoms with Gasteiger partial charge in [-0.05, 0) is 66.3 Å². The zero-order valence-electron chi connectivity index (χ0n) is 18.3. The molecule has 0 saturated heterocycles. The van der Waals surface area contributed by atoms with Crippen molar-refractivity contribution in [2.75, 3.05) is 18.6 Å². The van der Waals surface area contributed by atoms with E-state index in [1.807, 2.05) is 36.4 Å². The van der Waals surface area contributed by atoms with E-state index in [9.17, 15) is 4.79 Å². The Hall–Kier alpha value is -3.27. The standard InChI is InChI=1S/C27H30N2O2/c1-3-25(21-14-16-24(31-2)17-15-21)28-27(30)23-12-10-20(11-13-23)19-29-18-6-8-22-7-4-5-9-26(22)29/h4-5,7,9-17,25H,3,6,8,18-19H2,1-2H3,(H,28,30)/t25-/m0/s1. The normalized spacial score (nSPS) is 13.9. The monoisotopic (exact) mass is 414 g/mol. The van der Waals surface area contributed by atoms with E-state index in [1.165, 1.54) is 23.2 Å². The first-order valence-corrected chi connectivity index (χ1v) is 11.0. The number of anilines is 1. The minimum atomic E-state index is -0.0439. The van der Waals surface area contributed by atoms with Crippen LogP contribution in [0.3, 0.4) is 0 Å². The molecule has 31 heavy (non-hydrogen) atoms. The molecular weight excluding hydrogens is 384 g/mol. The molecule has 0 bridgehead atoms. The number of aryl methyl sites for hydroxylation is 1. The highest BCUT2D eigenvalue weighted by atomic mass is 16.5. The fourth-order valence-electron chi connectivity index (χ4n) is 4.26. The first-order valence-electron chi connectivity index (χ1n) is 11.0. The van der Waals surface area contributed by atoms with Crippen LogP contribution in [0.1, 0.15) is 52.9 Å². The third-order valence-corrected chi connectivity index (χ3v) is 6.03. The largest absolute Gasteiger partial charge is 0.497 e. The second-order valence-corrected chi connectivity index (χ2v) is 8.06. The number of nitrogens with one attached hydrogen (secondary N) is 1. The molecule has 0 saturated carbocycles. The average Bonchev–Trinajstić information content (AvgIpc) is 2.83. The zero-order chi connectivity index (χ0) is 21.6. The Bertz CT molecular complexity index is 1010. The van der Waals surface area contributed by atoms with Crippen molar-refractivity contribution in [1.82, 2.24) is 5.32 Å². The summed E-state index contributed by atoms with van der Waals surface area (Å²) in [4.78, 5) is 15.3. The van der Waals surface area contributed by atoms with Crippen LogP contribution in [0.15, 0.2) is 72.8 Å². The van der Waals surface area contributed by atoms with Gasteiger partial charge in [-0.1, -0.05) is 49.4 Å². The van der Waals surface area contributed by atoms with Gasteiger partial charge in [0.2, 0.25) is 0 Å². The minimum Gasteiger partial charge on any atom is -0.497 e. The van der Waals surface area contributed by atoms with Crippen molar-refractivity contribution >= 4 is 11.6 Å². The van der Waals surface area contributed by atoms with E-state index < -0.39 is 0 Å². The van der Waals surface area contributed by atoms with Crippen LogP contribution in [0.25, 0.3) is 0 Å². The van der Waals surface area contributed by atoms with Gasteiger partial charge in [0.05, 0.1) is 13.2 Å². The molecule has 0 radical (unpaired) electrons. The number of nitrogens with zero attached hydrogens (tertiary/aromatic N) is 1. The zero-order valence-corrected chi connectivity index (χ0v) is 18.3. The average molecular weight is 415 g/mol. The Morgan fingerprint density at radius 2 is 1.77 bits per heavy atom. The summed E-state index contributed by atoms with van der Waals surface area (Å²) in [6, 6.07) is 24.5.